The summed E-state index contributed by atoms with van der Waals surface area (Å²) < 4.78 is 17.8. The highest BCUT2D eigenvalue weighted by Gasteiger charge is 2.16. The summed E-state index contributed by atoms with van der Waals surface area (Å²) in [6, 6.07) is 14.4. The highest BCUT2D eigenvalue weighted by atomic mass is 79.9. The van der Waals surface area contributed by atoms with Gasteiger partial charge in [0.2, 0.25) is 0 Å². The first kappa shape index (κ1) is 25.2. The first-order valence-corrected chi connectivity index (χ1v) is 11.4. The monoisotopic (exact) mass is 556 g/mol. The Morgan fingerprint density at radius 2 is 1.35 bits per heavy atom. The first-order chi connectivity index (χ1) is 14.9. The zero-order valence-corrected chi connectivity index (χ0v) is 20.6. The van der Waals surface area contributed by atoms with Gasteiger partial charge in [0.15, 0.2) is 0 Å². The maximum Gasteiger partial charge on any atom is 0.411 e. The minimum atomic E-state index is -0.537. The molecule has 0 aliphatic rings. The lowest BCUT2D eigenvalue weighted by Crippen LogP contribution is -2.26. The van der Waals surface area contributed by atoms with Gasteiger partial charge in [0.1, 0.15) is 6.61 Å². The van der Waals surface area contributed by atoms with Crippen molar-refractivity contribution in [2.24, 2.45) is 5.92 Å². The third-order valence-electron chi connectivity index (χ3n) is 4.42. The summed E-state index contributed by atoms with van der Waals surface area (Å²) in [5.41, 5.74) is 1.31. The van der Waals surface area contributed by atoms with Gasteiger partial charge in [-0.15, -0.1) is 0 Å². The first-order valence-electron chi connectivity index (χ1n) is 9.77. The predicted octanol–water partition coefficient (Wildman–Crippen LogP) is 6.44. The average Bonchev–Trinajstić information content (AvgIpc) is 2.74. The van der Waals surface area contributed by atoms with Crippen molar-refractivity contribution in [3.63, 3.8) is 0 Å². The molecule has 0 spiro atoms. The van der Waals surface area contributed by atoms with Gasteiger partial charge in [0.25, 0.3) is 0 Å². The second kappa shape index (κ2) is 13.3. The SMILES string of the molecule is CO[C@@H](COC(=O)Nc1ccc(Br)cc1)C[C@H](C)CCOC(=O)Nc1ccc(Br)cc1. The van der Waals surface area contributed by atoms with Crippen LogP contribution in [0.4, 0.5) is 21.0 Å². The van der Waals surface area contributed by atoms with Crippen LogP contribution in [0.15, 0.2) is 57.5 Å². The van der Waals surface area contributed by atoms with Crippen molar-refractivity contribution in [1.82, 2.24) is 0 Å². The summed E-state index contributed by atoms with van der Waals surface area (Å²) >= 11 is 6.69. The molecule has 0 heterocycles. The van der Waals surface area contributed by atoms with Crippen molar-refractivity contribution in [3.05, 3.63) is 57.5 Å². The van der Waals surface area contributed by atoms with Crippen LogP contribution in [0.3, 0.4) is 0 Å². The summed E-state index contributed by atoms with van der Waals surface area (Å²) in [6.45, 7) is 2.45. The van der Waals surface area contributed by atoms with Gasteiger partial charge in [-0.2, -0.15) is 0 Å². The molecule has 2 aromatic rings. The van der Waals surface area contributed by atoms with Crippen LogP contribution in [0, 0.1) is 5.92 Å². The average molecular weight is 558 g/mol. The fourth-order valence-electron chi connectivity index (χ4n) is 2.69. The summed E-state index contributed by atoms with van der Waals surface area (Å²) in [7, 11) is 1.58. The number of carbonyl (C=O) groups excluding carboxylic acids is 2. The molecule has 0 aliphatic heterocycles. The van der Waals surface area contributed by atoms with Crippen molar-refractivity contribution < 1.29 is 23.8 Å². The van der Waals surface area contributed by atoms with E-state index in [1.54, 1.807) is 31.4 Å². The maximum atomic E-state index is 12.0. The quantitative estimate of drug-likeness (QED) is 0.351. The lowest BCUT2D eigenvalue weighted by molar-refractivity contribution is 0.0235. The second-order valence-electron chi connectivity index (χ2n) is 6.99. The van der Waals surface area contributed by atoms with Crippen LogP contribution in [0.25, 0.3) is 0 Å². The van der Waals surface area contributed by atoms with Crippen LogP contribution >= 0.6 is 31.9 Å². The predicted molar refractivity (Wildman–Crippen MR) is 127 cm³/mol. The lowest BCUT2D eigenvalue weighted by atomic mass is 10.0. The van der Waals surface area contributed by atoms with E-state index in [-0.39, 0.29) is 25.2 Å². The van der Waals surface area contributed by atoms with E-state index in [0.29, 0.717) is 24.2 Å². The number of hydrogen-bond acceptors (Lipinski definition) is 5. The minimum absolute atomic E-state index is 0.133. The Kier molecular flexibility index (Phi) is 10.8. The molecule has 0 radical (unpaired) electrons. The van der Waals surface area contributed by atoms with Gasteiger partial charge in [0, 0.05) is 27.4 Å². The van der Waals surface area contributed by atoms with E-state index in [2.05, 4.69) is 42.5 Å². The van der Waals surface area contributed by atoms with Gasteiger partial charge in [0.05, 0.1) is 12.7 Å². The highest BCUT2D eigenvalue weighted by molar-refractivity contribution is 9.10. The normalized spacial score (nSPS) is 12.5. The highest BCUT2D eigenvalue weighted by Crippen LogP contribution is 2.17. The largest absolute Gasteiger partial charge is 0.449 e. The van der Waals surface area contributed by atoms with Crippen LogP contribution in [-0.2, 0) is 14.2 Å². The van der Waals surface area contributed by atoms with Crippen LogP contribution in [0.5, 0.6) is 0 Å². The number of hydrogen-bond donors (Lipinski definition) is 2. The van der Waals surface area contributed by atoms with Gasteiger partial charge >= 0.3 is 12.2 Å². The number of nitrogens with one attached hydrogen (secondary N) is 2. The Morgan fingerprint density at radius 1 is 0.871 bits per heavy atom. The molecule has 31 heavy (non-hydrogen) atoms. The van der Waals surface area contributed by atoms with Gasteiger partial charge in [-0.3, -0.25) is 10.6 Å². The molecule has 2 rings (SSSR count). The number of halogens is 2. The molecule has 7 nitrogen and oxygen atoms in total. The number of ether oxygens (including phenoxy) is 3. The number of amides is 2. The molecular weight excluding hydrogens is 532 g/mol. The molecule has 2 amide bonds. The Bertz CT molecular complexity index is 831. The number of anilines is 2. The number of rotatable bonds is 10. The van der Waals surface area contributed by atoms with Gasteiger partial charge in [-0.05, 0) is 67.3 Å². The van der Waals surface area contributed by atoms with E-state index in [1.165, 1.54) is 0 Å². The summed E-state index contributed by atoms with van der Waals surface area (Å²) in [6.07, 6.45) is 0.0522. The summed E-state index contributed by atoms with van der Waals surface area (Å²) in [5, 5.41) is 5.34. The second-order valence-corrected chi connectivity index (χ2v) is 8.82. The summed E-state index contributed by atoms with van der Waals surface area (Å²) in [4.78, 5) is 23.8. The molecule has 0 saturated carbocycles. The van der Waals surface area contributed by atoms with Crippen LogP contribution in [0.1, 0.15) is 19.8 Å². The third-order valence-corrected chi connectivity index (χ3v) is 5.48. The molecule has 2 aromatic carbocycles. The molecule has 0 saturated heterocycles. The van der Waals surface area contributed by atoms with Crippen molar-refractivity contribution in [2.45, 2.75) is 25.9 Å². The zero-order valence-electron chi connectivity index (χ0n) is 17.4. The van der Waals surface area contributed by atoms with E-state index in [4.69, 9.17) is 14.2 Å². The molecule has 0 aliphatic carbocycles. The van der Waals surface area contributed by atoms with E-state index >= 15 is 0 Å². The topological polar surface area (TPSA) is 85.9 Å². The molecule has 168 valence electrons. The Labute approximate surface area is 199 Å². The zero-order chi connectivity index (χ0) is 22.6. The van der Waals surface area contributed by atoms with E-state index < -0.39 is 12.2 Å². The smallest absolute Gasteiger partial charge is 0.411 e. The maximum absolute atomic E-state index is 12.0. The van der Waals surface area contributed by atoms with E-state index in [9.17, 15) is 9.59 Å². The van der Waals surface area contributed by atoms with Crippen LogP contribution in [-0.4, -0.2) is 38.6 Å². The molecule has 2 N–H and O–H groups in total. The Balaban J connectivity index is 1.64. The van der Waals surface area contributed by atoms with Crippen LogP contribution < -0.4 is 10.6 Å². The third kappa shape index (κ3) is 10.2. The Hall–Kier alpha value is -2.10. The fourth-order valence-corrected chi connectivity index (χ4v) is 3.22. The van der Waals surface area contributed by atoms with Crippen molar-refractivity contribution in [2.75, 3.05) is 31.0 Å². The van der Waals surface area contributed by atoms with Gasteiger partial charge < -0.3 is 14.2 Å². The lowest BCUT2D eigenvalue weighted by Gasteiger charge is -2.20. The number of benzene rings is 2. The molecule has 0 fully saturated rings. The fraction of sp³-hybridized carbons (Fsp3) is 0.364. The molecule has 0 unspecified atom stereocenters. The molecular formula is C22H26Br2N2O5. The molecule has 0 aromatic heterocycles. The summed E-state index contributed by atoms with van der Waals surface area (Å²) in [5.74, 6) is 0.212. The number of methoxy groups -OCH3 is 1. The minimum Gasteiger partial charge on any atom is -0.449 e. The molecule has 2 atom stereocenters. The van der Waals surface area contributed by atoms with Crippen molar-refractivity contribution in [3.8, 4) is 0 Å². The van der Waals surface area contributed by atoms with Gasteiger partial charge in [-0.25, -0.2) is 9.59 Å². The van der Waals surface area contributed by atoms with E-state index in [0.717, 1.165) is 8.95 Å². The Morgan fingerprint density at radius 3 is 1.84 bits per heavy atom. The van der Waals surface area contributed by atoms with Crippen molar-refractivity contribution in [1.29, 1.82) is 0 Å². The van der Waals surface area contributed by atoms with Crippen LogP contribution in [0.2, 0.25) is 0 Å². The molecule has 0 bridgehead atoms. The van der Waals surface area contributed by atoms with Gasteiger partial charge in [-0.1, -0.05) is 38.8 Å². The standard InChI is InChI=1S/C22H26Br2N2O5/c1-15(11-12-30-21(27)25-18-7-3-16(23)4-8-18)13-20(29-2)14-31-22(28)26-19-9-5-17(24)6-10-19/h3-10,15,20H,11-14H2,1-2H3,(H,25,27)(H,26,28)/t15-,20-/m1/s1. The number of carbonyl (C=O) groups is 2. The van der Waals surface area contributed by atoms with E-state index in [1.807, 2.05) is 31.2 Å². The van der Waals surface area contributed by atoms with Crippen molar-refractivity contribution >= 4 is 55.4 Å². The molecule has 9 heteroatoms.